The Morgan fingerprint density at radius 3 is 2.40 bits per heavy atom. The van der Waals surface area contributed by atoms with Gasteiger partial charge < -0.3 is 4.74 Å². The van der Waals surface area contributed by atoms with Gasteiger partial charge in [-0.2, -0.15) is 0 Å². The topological polar surface area (TPSA) is 29.5 Å². The van der Waals surface area contributed by atoms with Gasteiger partial charge in [-0.25, -0.2) is 4.79 Å². The van der Waals surface area contributed by atoms with E-state index < -0.39 is 0 Å². The van der Waals surface area contributed by atoms with Gasteiger partial charge in [0.1, 0.15) is 0 Å². The minimum atomic E-state index is -0.237. The van der Waals surface area contributed by atoms with Gasteiger partial charge >= 0.3 is 5.97 Å². The third kappa shape index (κ3) is 4.70. The standard InChI is InChI=1S/C22H27NO2/c1-2-25-22(24)19-12-13-21(18-10-6-5-7-11-18)20(16-19)17-23-14-8-3-4-9-15-23/h5-7,10-13,16H,2-4,8-9,14-15,17H2,1H3. The summed E-state index contributed by atoms with van der Waals surface area (Å²) in [5, 5.41) is 0. The molecule has 0 bridgehead atoms. The first kappa shape index (κ1) is 17.7. The second-order valence-electron chi connectivity index (χ2n) is 6.65. The second kappa shape index (κ2) is 8.82. The number of carbonyl (C=O) groups excluding carboxylic acids is 1. The first-order valence-electron chi connectivity index (χ1n) is 9.35. The lowest BCUT2D eigenvalue weighted by Crippen LogP contribution is -2.24. The predicted molar refractivity (Wildman–Crippen MR) is 102 cm³/mol. The van der Waals surface area contributed by atoms with Gasteiger partial charge in [-0.15, -0.1) is 0 Å². The lowest BCUT2D eigenvalue weighted by Gasteiger charge is -2.22. The van der Waals surface area contributed by atoms with Crippen molar-refractivity contribution < 1.29 is 9.53 Å². The summed E-state index contributed by atoms with van der Waals surface area (Å²) in [7, 11) is 0. The van der Waals surface area contributed by atoms with Crippen LogP contribution in [0.3, 0.4) is 0 Å². The highest BCUT2D eigenvalue weighted by Gasteiger charge is 2.15. The molecule has 132 valence electrons. The summed E-state index contributed by atoms with van der Waals surface area (Å²) in [5.74, 6) is -0.237. The summed E-state index contributed by atoms with van der Waals surface area (Å²) in [6, 6.07) is 16.4. The molecule has 0 aliphatic carbocycles. The Kier molecular flexibility index (Phi) is 6.24. The maximum Gasteiger partial charge on any atom is 0.338 e. The Morgan fingerprint density at radius 1 is 1.00 bits per heavy atom. The number of esters is 1. The van der Waals surface area contributed by atoms with E-state index in [-0.39, 0.29) is 5.97 Å². The molecule has 25 heavy (non-hydrogen) atoms. The van der Waals surface area contributed by atoms with Crippen molar-refractivity contribution in [1.82, 2.24) is 4.90 Å². The van der Waals surface area contributed by atoms with Crippen LogP contribution in [0.2, 0.25) is 0 Å². The molecular formula is C22H27NO2. The SMILES string of the molecule is CCOC(=O)c1ccc(-c2ccccc2)c(CN2CCCCCC2)c1. The fourth-order valence-corrected chi connectivity index (χ4v) is 3.50. The van der Waals surface area contributed by atoms with Crippen molar-refractivity contribution in [3.8, 4) is 11.1 Å². The number of hydrogen-bond acceptors (Lipinski definition) is 3. The van der Waals surface area contributed by atoms with Gasteiger partial charge in [0.25, 0.3) is 0 Å². The van der Waals surface area contributed by atoms with E-state index >= 15 is 0 Å². The van der Waals surface area contributed by atoms with E-state index in [1.165, 1.54) is 42.4 Å². The second-order valence-corrected chi connectivity index (χ2v) is 6.65. The van der Waals surface area contributed by atoms with Gasteiger partial charge in [0.15, 0.2) is 0 Å². The maximum atomic E-state index is 12.2. The third-order valence-corrected chi connectivity index (χ3v) is 4.79. The van der Waals surface area contributed by atoms with Crippen LogP contribution >= 0.6 is 0 Å². The van der Waals surface area contributed by atoms with Crippen LogP contribution in [0.15, 0.2) is 48.5 Å². The zero-order chi connectivity index (χ0) is 17.5. The van der Waals surface area contributed by atoms with Crippen LogP contribution in [0.5, 0.6) is 0 Å². The van der Waals surface area contributed by atoms with Gasteiger partial charge in [-0.05, 0) is 61.7 Å². The summed E-state index contributed by atoms with van der Waals surface area (Å²) in [6.07, 6.45) is 5.17. The molecule has 0 aromatic heterocycles. The molecule has 1 saturated heterocycles. The molecule has 0 amide bonds. The molecule has 3 nitrogen and oxygen atoms in total. The molecule has 3 heteroatoms. The monoisotopic (exact) mass is 337 g/mol. The van der Waals surface area contributed by atoms with E-state index in [0.717, 1.165) is 19.6 Å². The molecule has 0 spiro atoms. The van der Waals surface area contributed by atoms with E-state index in [1.54, 1.807) is 0 Å². The molecule has 0 radical (unpaired) electrons. The van der Waals surface area contributed by atoms with E-state index in [2.05, 4.69) is 35.2 Å². The average molecular weight is 337 g/mol. The number of ether oxygens (including phenoxy) is 1. The van der Waals surface area contributed by atoms with Gasteiger partial charge in [-0.1, -0.05) is 49.2 Å². The first-order chi connectivity index (χ1) is 12.3. The van der Waals surface area contributed by atoms with Gasteiger partial charge in [0.2, 0.25) is 0 Å². The van der Waals surface area contributed by atoms with Crippen molar-refractivity contribution >= 4 is 5.97 Å². The summed E-state index contributed by atoms with van der Waals surface area (Å²) in [5.41, 5.74) is 4.26. The van der Waals surface area contributed by atoms with Crippen LogP contribution in [0.4, 0.5) is 0 Å². The molecule has 0 saturated carbocycles. The minimum Gasteiger partial charge on any atom is -0.462 e. The van der Waals surface area contributed by atoms with Gasteiger partial charge in [0.05, 0.1) is 12.2 Å². The zero-order valence-corrected chi connectivity index (χ0v) is 15.0. The maximum absolute atomic E-state index is 12.2. The number of hydrogen-bond donors (Lipinski definition) is 0. The molecule has 0 N–H and O–H groups in total. The van der Waals surface area contributed by atoms with Crippen LogP contribution in [-0.4, -0.2) is 30.6 Å². The van der Waals surface area contributed by atoms with Crippen LogP contribution in [0.25, 0.3) is 11.1 Å². The Bertz CT molecular complexity index is 688. The normalized spacial score (nSPS) is 15.6. The highest BCUT2D eigenvalue weighted by molar-refractivity contribution is 5.90. The largest absolute Gasteiger partial charge is 0.462 e. The fraction of sp³-hybridized carbons (Fsp3) is 0.409. The van der Waals surface area contributed by atoms with E-state index in [9.17, 15) is 4.79 Å². The van der Waals surface area contributed by atoms with Crippen LogP contribution in [-0.2, 0) is 11.3 Å². The Labute approximate surface area is 150 Å². The number of rotatable bonds is 5. The van der Waals surface area contributed by atoms with Crippen molar-refractivity contribution in [3.05, 3.63) is 59.7 Å². The Balaban J connectivity index is 1.92. The molecular weight excluding hydrogens is 310 g/mol. The number of nitrogens with zero attached hydrogens (tertiary/aromatic N) is 1. The summed E-state index contributed by atoms with van der Waals surface area (Å²) < 4.78 is 5.19. The molecule has 2 aromatic rings. The smallest absolute Gasteiger partial charge is 0.338 e. The van der Waals surface area contributed by atoms with Gasteiger partial charge in [-0.3, -0.25) is 4.90 Å². The highest BCUT2D eigenvalue weighted by atomic mass is 16.5. The Morgan fingerprint density at radius 2 is 1.72 bits per heavy atom. The van der Waals surface area contributed by atoms with E-state index in [0.29, 0.717) is 12.2 Å². The fourth-order valence-electron chi connectivity index (χ4n) is 3.50. The molecule has 0 unspecified atom stereocenters. The summed E-state index contributed by atoms with van der Waals surface area (Å²) in [4.78, 5) is 14.7. The third-order valence-electron chi connectivity index (χ3n) is 4.79. The number of benzene rings is 2. The van der Waals surface area contributed by atoms with E-state index in [4.69, 9.17) is 4.74 Å². The van der Waals surface area contributed by atoms with Crippen LogP contribution in [0, 0.1) is 0 Å². The van der Waals surface area contributed by atoms with Gasteiger partial charge in [0, 0.05) is 6.54 Å². The first-order valence-corrected chi connectivity index (χ1v) is 9.35. The van der Waals surface area contributed by atoms with Crippen molar-refractivity contribution in [2.75, 3.05) is 19.7 Å². The van der Waals surface area contributed by atoms with Crippen LogP contribution in [0.1, 0.15) is 48.5 Å². The minimum absolute atomic E-state index is 0.237. The summed E-state index contributed by atoms with van der Waals surface area (Å²) >= 11 is 0. The lowest BCUT2D eigenvalue weighted by molar-refractivity contribution is 0.0526. The number of carbonyl (C=O) groups is 1. The zero-order valence-electron chi connectivity index (χ0n) is 15.0. The average Bonchev–Trinajstić information content (AvgIpc) is 2.91. The number of likely N-dealkylation sites (tertiary alicyclic amines) is 1. The molecule has 0 atom stereocenters. The van der Waals surface area contributed by atoms with Crippen molar-refractivity contribution in [3.63, 3.8) is 0 Å². The molecule has 2 aromatic carbocycles. The van der Waals surface area contributed by atoms with Crippen molar-refractivity contribution in [2.24, 2.45) is 0 Å². The van der Waals surface area contributed by atoms with Crippen molar-refractivity contribution in [2.45, 2.75) is 39.2 Å². The highest BCUT2D eigenvalue weighted by Crippen LogP contribution is 2.27. The molecule has 1 heterocycles. The predicted octanol–water partition coefficient (Wildman–Crippen LogP) is 4.91. The molecule has 1 aliphatic rings. The molecule has 1 aliphatic heterocycles. The lowest BCUT2D eigenvalue weighted by atomic mass is 9.97. The summed E-state index contributed by atoms with van der Waals surface area (Å²) in [6.45, 7) is 5.41. The quantitative estimate of drug-likeness (QED) is 0.726. The van der Waals surface area contributed by atoms with Crippen LogP contribution < -0.4 is 0 Å². The Hall–Kier alpha value is -2.13. The molecule has 1 fully saturated rings. The molecule has 3 rings (SSSR count). The van der Waals surface area contributed by atoms with Crippen molar-refractivity contribution in [1.29, 1.82) is 0 Å². The van der Waals surface area contributed by atoms with E-state index in [1.807, 2.05) is 25.1 Å².